The average Bonchev–Trinajstić information content (AvgIpc) is 2.51. The number of rotatable bonds is 3. The van der Waals surface area contributed by atoms with Gasteiger partial charge in [-0.1, -0.05) is 6.92 Å². The minimum atomic E-state index is -0.0573. The summed E-state index contributed by atoms with van der Waals surface area (Å²) in [6, 6.07) is 7.18. The van der Waals surface area contributed by atoms with Crippen molar-refractivity contribution in [1.29, 1.82) is 5.26 Å². The molecule has 0 spiro atoms. The Bertz CT molecular complexity index is 557. The van der Waals surface area contributed by atoms with Crippen LogP contribution in [-0.4, -0.2) is 53.0 Å². The van der Waals surface area contributed by atoms with Gasteiger partial charge in [-0.05, 0) is 37.1 Å². The van der Waals surface area contributed by atoms with Crippen LogP contribution in [0.5, 0.6) is 5.75 Å². The van der Waals surface area contributed by atoms with Gasteiger partial charge >= 0.3 is 0 Å². The van der Waals surface area contributed by atoms with Crippen LogP contribution < -0.4 is 0 Å². The molecule has 1 heterocycles. The molecule has 1 aromatic rings. The predicted molar refractivity (Wildman–Crippen MR) is 80.0 cm³/mol. The van der Waals surface area contributed by atoms with Crippen LogP contribution in [0.2, 0.25) is 0 Å². The van der Waals surface area contributed by atoms with E-state index in [-0.39, 0.29) is 17.7 Å². The zero-order chi connectivity index (χ0) is 15.4. The van der Waals surface area contributed by atoms with Crippen LogP contribution >= 0.6 is 0 Å². The predicted octanol–water partition coefficient (Wildman–Crippen LogP) is 1.76. The van der Waals surface area contributed by atoms with Crippen LogP contribution in [0.15, 0.2) is 18.2 Å². The van der Waals surface area contributed by atoms with Crippen LogP contribution in [0.3, 0.4) is 0 Å². The van der Waals surface area contributed by atoms with E-state index in [0.717, 1.165) is 19.5 Å². The number of nitrogens with zero attached hydrogens (tertiary/aromatic N) is 3. The molecule has 0 bridgehead atoms. The van der Waals surface area contributed by atoms with Crippen molar-refractivity contribution in [3.8, 4) is 11.8 Å². The second-order valence-corrected chi connectivity index (χ2v) is 5.38. The molecule has 0 saturated carbocycles. The standard InChI is InChI=1S/C16H21N3O2/c1-3-14(11-17)18-6-8-19(9-7-18)16(21)13-4-5-15(20)12(2)10-13/h4-5,10,14,20H,3,6-9H2,1-2H3. The third-order valence-corrected chi connectivity index (χ3v) is 4.02. The summed E-state index contributed by atoms with van der Waals surface area (Å²) >= 11 is 0. The van der Waals surface area contributed by atoms with Crippen molar-refractivity contribution in [2.24, 2.45) is 0 Å². The first-order valence-corrected chi connectivity index (χ1v) is 7.29. The number of phenolic OH excluding ortho intramolecular Hbond substituents is 1. The van der Waals surface area contributed by atoms with Crippen LogP contribution in [0.1, 0.15) is 29.3 Å². The van der Waals surface area contributed by atoms with Gasteiger partial charge in [-0.25, -0.2) is 0 Å². The topological polar surface area (TPSA) is 67.6 Å². The Balaban J connectivity index is 2.00. The molecule has 21 heavy (non-hydrogen) atoms. The number of benzene rings is 1. The molecule has 1 unspecified atom stereocenters. The van der Waals surface area contributed by atoms with Gasteiger partial charge < -0.3 is 10.0 Å². The molecule has 1 amide bonds. The summed E-state index contributed by atoms with van der Waals surface area (Å²) in [7, 11) is 0. The maximum Gasteiger partial charge on any atom is 0.253 e. The first kappa shape index (κ1) is 15.3. The molecule has 1 fully saturated rings. The fourth-order valence-corrected chi connectivity index (χ4v) is 2.64. The van der Waals surface area contributed by atoms with E-state index >= 15 is 0 Å². The van der Waals surface area contributed by atoms with E-state index in [1.54, 1.807) is 25.1 Å². The number of phenols is 1. The lowest BCUT2D eigenvalue weighted by Crippen LogP contribution is -2.51. The maximum absolute atomic E-state index is 12.4. The van der Waals surface area contributed by atoms with Gasteiger partial charge in [0.1, 0.15) is 5.75 Å². The van der Waals surface area contributed by atoms with Crippen molar-refractivity contribution in [2.75, 3.05) is 26.2 Å². The molecule has 0 radical (unpaired) electrons. The molecule has 112 valence electrons. The highest BCUT2D eigenvalue weighted by Crippen LogP contribution is 2.19. The Kier molecular flexibility index (Phi) is 4.81. The molecule has 1 saturated heterocycles. The first-order chi connectivity index (χ1) is 10.1. The fourth-order valence-electron chi connectivity index (χ4n) is 2.64. The molecular formula is C16H21N3O2. The van der Waals surface area contributed by atoms with Gasteiger partial charge in [0.05, 0.1) is 12.1 Å². The molecule has 2 rings (SSSR count). The second-order valence-electron chi connectivity index (χ2n) is 5.38. The van der Waals surface area contributed by atoms with Crippen LogP contribution in [-0.2, 0) is 0 Å². The molecule has 1 aromatic carbocycles. The Labute approximate surface area is 125 Å². The molecule has 1 N–H and O–H groups in total. The molecule has 1 aliphatic heterocycles. The second kappa shape index (κ2) is 6.59. The highest BCUT2D eigenvalue weighted by Gasteiger charge is 2.25. The molecule has 5 nitrogen and oxygen atoms in total. The van der Waals surface area contributed by atoms with Crippen LogP contribution in [0.25, 0.3) is 0 Å². The molecule has 1 atom stereocenters. The third kappa shape index (κ3) is 3.34. The molecular weight excluding hydrogens is 266 g/mol. The SMILES string of the molecule is CCC(C#N)N1CCN(C(=O)c2ccc(O)c(C)c2)CC1. The van der Waals surface area contributed by atoms with Crippen LogP contribution in [0, 0.1) is 18.3 Å². The number of nitriles is 1. The largest absolute Gasteiger partial charge is 0.508 e. The van der Waals surface area contributed by atoms with E-state index < -0.39 is 0 Å². The third-order valence-electron chi connectivity index (χ3n) is 4.02. The van der Waals surface area contributed by atoms with E-state index in [4.69, 9.17) is 5.26 Å². The van der Waals surface area contributed by atoms with Crippen molar-refractivity contribution in [3.63, 3.8) is 0 Å². The lowest BCUT2D eigenvalue weighted by atomic mass is 10.1. The minimum absolute atomic E-state index is 0.0113. The molecule has 0 aliphatic carbocycles. The van der Waals surface area contributed by atoms with Crippen molar-refractivity contribution < 1.29 is 9.90 Å². The number of carbonyl (C=O) groups excluding carboxylic acids is 1. The monoisotopic (exact) mass is 287 g/mol. The number of hydrogen-bond donors (Lipinski definition) is 1. The summed E-state index contributed by atoms with van der Waals surface area (Å²) in [4.78, 5) is 16.4. The van der Waals surface area contributed by atoms with E-state index in [9.17, 15) is 9.90 Å². The lowest BCUT2D eigenvalue weighted by Gasteiger charge is -2.36. The summed E-state index contributed by atoms with van der Waals surface area (Å²) in [5.41, 5.74) is 1.31. The Hall–Kier alpha value is -2.06. The molecule has 0 aromatic heterocycles. The van der Waals surface area contributed by atoms with Gasteiger partial charge in [0.2, 0.25) is 0 Å². The van der Waals surface area contributed by atoms with Crippen molar-refractivity contribution >= 4 is 5.91 Å². The minimum Gasteiger partial charge on any atom is -0.508 e. The van der Waals surface area contributed by atoms with Gasteiger partial charge in [-0.3, -0.25) is 9.69 Å². The zero-order valence-electron chi connectivity index (χ0n) is 12.5. The number of piperazine rings is 1. The quantitative estimate of drug-likeness (QED) is 0.920. The average molecular weight is 287 g/mol. The smallest absolute Gasteiger partial charge is 0.253 e. The van der Waals surface area contributed by atoms with Crippen molar-refractivity contribution in [2.45, 2.75) is 26.3 Å². The van der Waals surface area contributed by atoms with E-state index in [0.29, 0.717) is 24.2 Å². The van der Waals surface area contributed by atoms with Gasteiger partial charge in [0, 0.05) is 31.7 Å². The fraction of sp³-hybridized carbons (Fsp3) is 0.500. The highest BCUT2D eigenvalue weighted by molar-refractivity contribution is 5.94. The van der Waals surface area contributed by atoms with E-state index in [1.807, 2.05) is 11.8 Å². The highest BCUT2D eigenvalue weighted by atomic mass is 16.3. The normalized spacial score (nSPS) is 17.3. The summed E-state index contributed by atoms with van der Waals surface area (Å²) in [5, 5.41) is 18.6. The van der Waals surface area contributed by atoms with Crippen molar-refractivity contribution in [1.82, 2.24) is 9.80 Å². The summed E-state index contributed by atoms with van der Waals surface area (Å²) in [5.74, 6) is 0.193. The van der Waals surface area contributed by atoms with Crippen molar-refractivity contribution in [3.05, 3.63) is 29.3 Å². The Morgan fingerprint density at radius 3 is 2.57 bits per heavy atom. The maximum atomic E-state index is 12.4. The first-order valence-electron chi connectivity index (χ1n) is 7.29. The zero-order valence-corrected chi connectivity index (χ0v) is 12.5. The number of carbonyl (C=O) groups is 1. The summed E-state index contributed by atoms with van der Waals surface area (Å²) in [6.07, 6.45) is 0.807. The summed E-state index contributed by atoms with van der Waals surface area (Å²) in [6.45, 7) is 6.52. The van der Waals surface area contributed by atoms with Gasteiger partial charge in [-0.2, -0.15) is 5.26 Å². The lowest BCUT2D eigenvalue weighted by molar-refractivity contribution is 0.0604. The number of aromatic hydroxyl groups is 1. The number of aryl methyl sites for hydroxylation is 1. The number of amides is 1. The summed E-state index contributed by atoms with van der Waals surface area (Å²) < 4.78 is 0. The molecule has 5 heteroatoms. The Morgan fingerprint density at radius 1 is 1.38 bits per heavy atom. The van der Waals surface area contributed by atoms with Gasteiger partial charge in [0.15, 0.2) is 0 Å². The van der Waals surface area contributed by atoms with E-state index in [2.05, 4.69) is 11.0 Å². The van der Waals surface area contributed by atoms with E-state index in [1.165, 1.54) is 0 Å². The van der Waals surface area contributed by atoms with Gasteiger partial charge in [0.25, 0.3) is 5.91 Å². The number of hydrogen-bond acceptors (Lipinski definition) is 4. The van der Waals surface area contributed by atoms with Crippen LogP contribution in [0.4, 0.5) is 0 Å². The Morgan fingerprint density at radius 2 is 2.05 bits per heavy atom. The molecule has 1 aliphatic rings. The van der Waals surface area contributed by atoms with Gasteiger partial charge in [-0.15, -0.1) is 0 Å².